The van der Waals surface area contributed by atoms with Crippen molar-refractivity contribution in [3.8, 4) is 22.7 Å². The number of H-pyrrole nitrogens is 1. The minimum absolute atomic E-state index is 0.291. The maximum atomic E-state index is 12.4. The molecule has 3 aromatic heterocycles. The molecule has 1 aromatic carbocycles. The Labute approximate surface area is 162 Å². The largest absolute Gasteiger partial charge is 0.364 e. The molecule has 0 radical (unpaired) electrons. The second-order valence-electron chi connectivity index (χ2n) is 5.88. The Morgan fingerprint density at radius 3 is 2.61 bits per heavy atom. The molecule has 0 bridgehead atoms. The number of nitrogens with one attached hydrogen (secondary N) is 2. The van der Waals surface area contributed by atoms with E-state index in [0.717, 1.165) is 5.56 Å². The van der Waals surface area contributed by atoms with Crippen LogP contribution in [-0.2, 0) is 0 Å². The number of aromatic nitrogens is 4. The molecule has 2 amide bonds. The first-order valence-corrected chi connectivity index (χ1v) is 9.04. The average molecular weight is 394 g/mol. The standard InChI is InChI=1S/C18H14N6O3S/c1-9-21-17(27-24-9)11-4-2-10(3-5-11)16(26)23-18-22-14(8-28-18)12-6-13(15(19)25)20-7-12/h2-8,20H,1H3,(H2,19,25)(H,22,23,26). The number of nitrogens with zero attached hydrogens (tertiary/aromatic N) is 3. The summed E-state index contributed by atoms with van der Waals surface area (Å²) in [6.45, 7) is 1.74. The second kappa shape index (κ2) is 7.08. The first kappa shape index (κ1) is 17.6. The van der Waals surface area contributed by atoms with Crippen molar-refractivity contribution in [2.45, 2.75) is 6.92 Å². The van der Waals surface area contributed by atoms with Crippen LogP contribution < -0.4 is 11.1 Å². The quantitative estimate of drug-likeness (QED) is 0.475. The van der Waals surface area contributed by atoms with Crippen molar-refractivity contribution >= 4 is 28.3 Å². The molecule has 140 valence electrons. The second-order valence-corrected chi connectivity index (χ2v) is 6.74. The lowest BCUT2D eigenvalue weighted by Gasteiger charge is -2.02. The van der Waals surface area contributed by atoms with Crippen molar-refractivity contribution < 1.29 is 14.1 Å². The van der Waals surface area contributed by atoms with Gasteiger partial charge in [-0.1, -0.05) is 5.16 Å². The highest BCUT2D eigenvalue weighted by molar-refractivity contribution is 7.14. The van der Waals surface area contributed by atoms with Crippen molar-refractivity contribution in [2.75, 3.05) is 5.32 Å². The third-order valence-electron chi connectivity index (χ3n) is 3.89. The van der Waals surface area contributed by atoms with Crippen LogP contribution >= 0.6 is 11.3 Å². The van der Waals surface area contributed by atoms with Crippen LogP contribution in [0.4, 0.5) is 5.13 Å². The van der Waals surface area contributed by atoms with Gasteiger partial charge in [-0.3, -0.25) is 14.9 Å². The molecule has 0 aliphatic carbocycles. The van der Waals surface area contributed by atoms with Gasteiger partial charge in [0.15, 0.2) is 11.0 Å². The summed E-state index contributed by atoms with van der Waals surface area (Å²) < 4.78 is 5.11. The van der Waals surface area contributed by atoms with E-state index in [1.54, 1.807) is 48.8 Å². The predicted molar refractivity (Wildman–Crippen MR) is 103 cm³/mol. The third kappa shape index (κ3) is 3.53. The van der Waals surface area contributed by atoms with Gasteiger partial charge in [0.25, 0.3) is 17.7 Å². The number of thiazole rings is 1. The Morgan fingerprint density at radius 1 is 1.18 bits per heavy atom. The van der Waals surface area contributed by atoms with Crippen LogP contribution in [0.5, 0.6) is 0 Å². The summed E-state index contributed by atoms with van der Waals surface area (Å²) in [7, 11) is 0. The topological polar surface area (TPSA) is 140 Å². The van der Waals surface area contributed by atoms with E-state index in [4.69, 9.17) is 10.3 Å². The molecule has 0 unspecified atom stereocenters. The number of hydrogen-bond acceptors (Lipinski definition) is 7. The number of benzene rings is 1. The predicted octanol–water partition coefficient (Wildman–Crippen LogP) is 2.85. The first-order chi connectivity index (χ1) is 13.5. The summed E-state index contributed by atoms with van der Waals surface area (Å²) in [5, 5.41) is 8.73. The van der Waals surface area contributed by atoms with Crippen molar-refractivity contribution in [1.29, 1.82) is 0 Å². The number of primary amides is 1. The lowest BCUT2D eigenvalue weighted by molar-refractivity contribution is 0.0994. The number of aryl methyl sites for hydroxylation is 1. The van der Waals surface area contributed by atoms with Gasteiger partial charge in [-0.2, -0.15) is 4.98 Å². The Bertz CT molecular complexity index is 1160. The molecule has 4 rings (SSSR count). The molecule has 9 nitrogen and oxygen atoms in total. The number of amides is 2. The smallest absolute Gasteiger partial charge is 0.265 e. The fourth-order valence-electron chi connectivity index (χ4n) is 2.50. The van der Waals surface area contributed by atoms with Crippen LogP contribution in [0.2, 0.25) is 0 Å². The third-order valence-corrected chi connectivity index (χ3v) is 4.65. The van der Waals surface area contributed by atoms with Crippen LogP contribution in [0.3, 0.4) is 0 Å². The number of hydrogen-bond donors (Lipinski definition) is 3. The van der Waals surface area contributed by atoms with E-state index in [1.807, 2.05) is 0 Å². The van der Waals surface area contributed by atoms with E-state index in [2.05, 4.69) is 25.4 Å². The zero-order chi connectivity index (χ0) is 19.7. The van der Waals surface area contributed by atoms with E-state index in [0.29, 0.717) is 39.4 Å². The Balaban J connectivity index is 1.46. The molecule has 0 fully saturated rings. The summed E-state index contributed by atoms with van der Waals surface area (Å²) in [5.41, 5.74) is 8.07. The fraction of sp³-hybridized carbons (Fsp3) is 0.0556. The van der Waals surface area contributed by atoms with E-state index in [9.17, 15) is 9.59 Å². The lowest BCUT2D eigenvalue weighted by atomic mass is 10.1. The van der Waals surface area contributed by atoms with Gasteiger partial charge in [-0.15, -0.1) is 11.3 Å². The number of nitrogens with two attached hydrogens (primary N) is 1. The van der Waals surface area contributed by atoms with Crippen molar-refractivity contribution in [3.63, 3.8) is 0 Å². The molecule has 0 saturated heterocycles. The van der Waals surface area contributed by atoms with Crippen LogP contribution in [0, 0.1) is 6.92 Å². The summed E-state index contributed by atoms with van der Waals surface area (Å²) >= 11 is 1.28. The number of carbonyl (C=O) groups excluding carboxylic acids is 2. The zero-order valence-electron chi connectivity index (χ0n) is 14.6. The SMILES string of the molecule is Cc1noc(-c2ccc(C(=O)Nc3nc(-c4c[nH]c(C(N)=O)c4)cs3)cc2)n1. The van der Waals surface area contributed by atoms with Crippen LogP contribution in [-0.4, -0.2) is 31.9 Å². The molecule has 0 spiro atoms. The Kier molecular flexibility index (Phi) is 4.45. The molecule has 0 aliphatic heterocycles. The van der Waals surface area contributed by atoms with Crippen molar-refractivity contribution in [2.24, 2.45) is 5.73 Å². The van der Waals surface area contributed by atoms with Gasteiger partial charge in [0.1, 0.15) is 5.69 Å². The highest BCUT2D eigenvalue weighted by Gasteiger charge is 2.13. The van der Waals surface area contributed by atoms with Crippen molar-refractivity contribution in [3.05, 3.63) is 59.0 Å². The molecule has 0 saturated carbocycles. The van der Waals surface area contributed by atoms with Gasteiger partial charge in [0.05, 0.1) is 5.69 Å². The molecule has 4 N–H and O–H groups in total. The zero-order valence-corrected chi connectivity index (χ0v) is 15.4. The molecule has 0 aliphatic rings. The molecule has 10 heteroatoms. The normalized spacial score (nSPS) is 10.8. The van der Waals surface area contributed by atoms with E-state index in [1.165, 1.54) is 11.3 Å². The van der Waals surface area contributed by atoms with Crippen LogP contribution in [0.15, 0.2) is 46.4 Å². The molecular formula is C18H14N6O3S. The molecule has 3 heterocycles. The number of anilines is 1. The first-order valence-electron chi connectivity index (χ1n) is 8.16. The average Bonchev–Trinajstić information content (AvgIpc) is 3.42. The maximum Gasteiger partial charge on any atom is 0.265 e. The number of aromatic amines is 1. The Morgan fingerprint density at radius 2 is 1.96 bits per heavy atom. The highest BCUT2D eigenvalue weighted by Crippen LogP contribution is 2.26. The lowest BCUT2D eigenvalue weighted by Crippen LogP contribution is -2.11. The van der Waals surface area contributed by atoms with Gasteiger partial charge in [0.2, 0.25) is 0 Å². The Hall–Kier alpha value is -3.79. The summed E-state index contributed by atoms with van der Waals surface area (Å²) in [6, 6.07) is 8.43. The van der Waals surface area contributed by atoms with Crippen molar-refractivity contribution in [1.82, 2.24) is 20.1 Å². The summed E-state index contributed by atoms with van der Waals surface area (Å²) in [5.74, 6) is 0.104. The van der Waals surface area contributed by atoms with Gasteiger partial charge in [-0.05, 0) is 37.3 Å². The minimum atomic E-state index is -0.547. The number of carbonyl (C=O) groups is 2. The van der Waals surface area contributed by atoms with Gasteiger partial charge in [-0.25, -0.2) is 4.98 Å². The van der Waals surface area contributed by atoms with E-state index >= 15 is 0 Å². The monoisotopic (exact) mass is 394 g/mol. The van der Waals surface area contributed by atoms with Gasteiger partial charge in [0, 0.05) is 28.3 Å². The molecule has 28 heavy (non-hydrogen) atoms. The van der Waals surface area contributed by atoms with Gasteiger partial charge >= 0.3 is 0 Å². The number of rotatable bonds is 5. The van der Waals surface area contributed by atoms with Crippen LogP contribution in [0.25, 0.3) is 22.7 Å². The minimum Gasteiger partial charge on any atom is -0.364 e. The van der Waals surface area contributed by atoms with Crippen LogP contribution in [0.1, 0.15) is 26.7 Å². The summed E-state index contributed by atoms with van der Waals surface area (Å²) in [6.07, 6.45) is 1.64. The highest BCUT2D eigenvalue weighted by atomic mass is 32.1. The molecule has 0 atom stereocenters. The fourth-order valence-corrected chi connectivity index (χ4v) is 3.21. The van der Waals surface area contributed by atoms with E-state index in [-0.39, 0.29) is 5.91 Å². The summed E-state index contributed by atoms with van der Waals surface area (Å²) in [4.78, 5) is 34.9. The maximum absolute atomic E-state index is 12.4. The van der Waals surface area contributed by atoms with Gasteiger partial charge < -0.3 is 15.2 Å². The molecule has 4 aromatic rings. The molecular weight excluding hydrogens is 380 g/mol. The van der Waals surface area contributed by atoms with E-state index < -0.39 is 5.91 Å².